The topological polar surface area (TPSA) is 41.0 Å². The number of likely N-dealkylation sites (tertiary alicyclic amines) is 1. The molecule has 0 spiro atoms. The lowest BCUT2D eigenvalue weighted by Crippen LogP contribution is -2.24. The highest BCUT2D eigenvalue weighted by Crippen LogP contribution is 2.22. The van der Waals surface area contributed by atoms with Gasteiger partial charge in [0.1, 0.15) is 5.82 Å². The van der Waals surface area contributed by atoms with Crippen LogP contribution >= 0.6 is 27.5 Å². The van der Waals surface area contributed by atoms with E-state index in [0.29, 0.717) is 6.04 Å². The van der Waals surface area contributed by atoms with E-state index in [-0.39, 0.29) is 5.28 Å². The monoisotopic (exact) mass is 290 g/mol. The number of rotatable bonds is 2. The summed E-state index contributed by atoms with van der Waals surface area (Å²) in [5.74, 6) is 0.773. The Bertz CT molecular complexity index is 360. The van der Waals surface area contributed by atoms with E-state index in [0.717, 1.165) is 29.8 Å². The predicted octanol–water partition coefficient (Wildman–Crippen LogP) is 2.01. The van der Waals surface area contributed by atoms with Gasteiger partial charge >= 0.3 is 0 Å². The predicted molar refractivity (Wildman–Crippen MR) is 64.3 cm³/mol. The highest BCUT2D eigenvalue weighted by Gasteiger charge is 2.20. The molecule has 0 aromatic carbocycles. The van der Waals surface area contributed by atoms with Crippen molar-refractivity contribution < 1.29 is 0 Å². The highest BCUT2D eigenvalue weighted by molar-refractivity contribution is 9.10. The summed E-state index contributed by atoms with van der Waals surface area (Å²) in [4.78, 5) is 10.3. The van der Waals surface area contributed by atoms with Crippen LogP contribution in [0.3, 0.4) is 0 Å². The minimum absolute atomic E-state index is 0.270. The first-order chi connectivity index (χ1) is 7.15. The lowest BCUT2D eigenvalue weighted by molar-refractivity contribution is 0.414. The van der Waals surface area contributed by atoms with Gasteiger partial charge < -0.3 is 10.2 Å². The Hall–Kier alpha value is -0.390. The molecule has 82 valence electrons. The van der Waals surface area contributed by atoms with Gasteiger partial charge in [0, 0.05) is 18.8 Å². The second-order valence-electron chi connectivity index (χ2n) is 3.73. The summed E-state index contributed by atoms with van der Waals surface area (Å²) in [6.07, 6.45) is 2.79. The fourth-order valence-corrected chi connectivity index (χ4v) is 2.13. The van der Waals surface area contributed by atoms with E-state index in [1.54, 1.807) is 6.20 Å². The molecule has 1 fully saturated rings. The average Bonchev–Trinajstić information content (AvgIpc) is 2.58. The first kappa shape index (κ1) is 11.1. The third kappa shape index (κ3) is 2.80. The molecular weight excluding hydrogens is 279 g/mol. The van der Waals surface area contributed by atoms with E-state index in [1.807, 2.05) is 0 Å². The quantitative estimate of drug-likeness (QED) is 0.846. The van der Waals surface area contributed by atoms with Gasteiger partial charge in [-0.05, 0) is 47.5 Å². The maximum Gasteiger partial charge on any atom is 0.224 e. The number of hydrogen-bond donors (Lipinski definition) is 1. The smallest absolute Gasteiger partial charge is 0.224 e. The molecule has 0 radical (unpaired) electrons. The van der Waals surface area contributed by atoms with E-state index in [9.17, 15) is 0 Å². The Morgan fingerprint density at radius 1 is 1.67 bits per heavy atom. The van der Waals surface area contributed by atoms with Crippen molar-refractivity contribution >= 4 is 33.3 Å². The summed E-state index contributed by atoms with van der Waals surface area (Å²) in [5.41, 5.74) is 0. The van der Waals surface area contributed by atoms with Gasteiger partial charge in [0.15, 0.2) is 0 Å². The molecule has 1 aliphatic rings. The maximum atomic E-state index is 5.74. The SMILES string of the molecule is CN1CCC(Nc2nc(Cl)ncc2Br)C1. The molecule has 2 heterocycles. The highest BCUT2D eigenvalue weighted by atomic mass is 79.9. The standard InChI is InChI=1S/C9H12BrClN4/c1-15-3-2-6(5-15)13-8-7(10)4-12-9(11)14-8/h4,6H,2-3,5H2,1H3,(H,12,13,14). The number of halogens is 2. The van der Waals surface area contributed by atoms with E-state index >= 15 is 0 Å². The largest absolute Gasteiger partial charge is 0.365 e. The molecule has 1 N–H and O–H groups in total. The van der Waals surface area contributed by atoms with Gasteiger partial charge in [-0.3, -0.25) is 0 Å². The fourth-order valence-electron chi connectivity index (χ4n) is 1.69. The average molecular weight is 292 g/mol. The molecule has 1 saturated heterocycles. The van der Waals surface area contributed by atoms with Crippen LogP contribution in [0.15, 0.2) is 10.7 Å². The molecule has 1 aromatic rings. The van der Waals surface area contributed by atoms with Crippen molar-refractivity contribution in [2.75, 3.05) is 25.5 Å². The number of nitrogens with zero attached hydrogens (tertiary/aromatic N) is 3. The number of nitrogens with one attached hydrogen (secondary N) is 1. The summed E-state index contributed by atoms with van der Waals surface area (Å²) >= 11 is 9.13. The van der Waals surface area contributed by atoms with E-state index in [4.69, 9.17) is 11.6 Å². The van der Waals surface area contributed by atoms with Crippen molar-refractivity contribution in [2.45, 2.75) is 12.5 Å². The molecule has 4 nitrogen and oxygen atoms in total. The first-order valence-electron chi connectivity index (χ1n) is 4.78. The molecule has 1 aromatic heterocycles. The third-order valence-corrected chi connectivity index (χ3v) is 3.21. The Labute approximate surface area is 102 Å². The van der Waals surface area contributed by atoms with Gasteiger partial charge in [0.2, 0.25) is 5.28 Å². The molecule has 6 heteroatoms. The minimum atomic E-state index is 0.270. The molecule has 0 amide bonds. The zero-order chi connectivity index (χ0) is 10.8. The Morgan fingerprint density at radius 3 is 3.13 bits per heavy atom. The van der Waals surface area contributed by atoms with Crippen molar-refractivity contribution in [3.8, 4) is 0 Å². The van der Waals surface area contributed by atoms with E-state index in [2.05, 4.69) is 43.2 Å². The number of anilines is 1. The lowest BCUT2D eigenvalue weighted by Gasteiger charge is -2.14. The van der Waals surface area contributed by atoms with Crippen LogP contribution in [0.25, 0.3) is 0 Å². The Kier molecular flexibility index (Phi) is 3.43. The first-order valence-corrected chi connectivity index (χ1v) is 5.95. The van der Waals surface area contributed by atoms with Crippen molar-refractivity contribution in [1.29, 1.82) is 0 Å². The van der Waals surface area contributed by atoms with Gasteiger partial charge in [-0.2, -0.15) is 4.98 Å². The molecular formula is C9H12BrClN4. The maximum absolute atomic E-state index is 5.74. The lowest BCUT2D eigenvalue weighted by atomic mass is 10.2. The molecule has 0 bridgehead atoms. The zero-order valence-electron chi connectivity index (χ0n) is 8.37. The Balaban J connectivity index is 2.07. The van der Waals surface area contributed by atoms with Gasteiger partial charge in [-0.1, -0.05) is 0 Å². The molecule has 1 aliphatic heterocycles. The summed E-state index contributed by atoms with van der Waals surface area (Å²) in [5, 5.41) is 3.63. The van der Waals surface area contributed by atoms with Crippen molar-refractivity contribution in [3.63, 3.8) is 0 Å². The summed E-state index contributed by atoms with van der Waals surface area (Å²) in [6, 6.07) is 0.442. The number of likely N-dealkylation sites (N-methyl/N-ethyl adjacent to an activating group) is 1. The normalized spacial score (nSPS) is 21.9. The van der Waals surface area contributed by atoms with Gasteiger partial charge in [-0.15, -0.1) is 0 Å². The number of aromatic nitrogens is 2. The van der Waals surface area contributed by atoms with Crippen LogP contribution in [0, 0.1) is 0 Å². The van der Waals surface area contributed by atoms with Crippen LogP contribution in [-0.4, -0.2) is 41.0 Å². The van der Waals surface area contributed by atoms with Crippen LogP contribution in [0.5, 0.6) is 0 Å². The van der Waals surface area contributed by atoms with Crippen LogP contribution in [0.2, 0.25) is 5.28 Å². The zero-order valence-corrected chi connectivity index (χ0v) is 10.7. The van der Waals surface area contributed by atoms with Crippen LogP contribution in [0.1, 0.15) is 6.42 Å². The third-order valence-electron chi connectivity index (χ3n) is 2.45. The molecule has 0 aliphatic carbocycles. The van der Waals surface area contributed by atoms with Gasteiger partial charge in [0.05, 0.1) is 4.47 Å². The van der Waals surface area contributed by atoms with E-state index < -0.39 is 0 Å². The van der Waals surface area contributed by atoms with E-state index in [1.165, 1.54) is 0 Å². The second kappa shape index (κ2) is 4.63. The molecule has 2 rings (SSSR count). The minimum Gasteiger partial charge on any atom is -0.365 e. The van der Waals surface area contributed by atoms with Gasteiger partial charge in [0.25, 0.3) is 0 Å². The molecule has 15 heavy (non-hydrogen) atoms. The van der Waals surface area contributed by atoms with Crippen molar-refractivity contribution in [3.05, 3.63) is 16.0 Å². The van der Waals surface area contributed by atoms with Crippen molar-refractivity contribution in [2.24, 2.45) is 0 Å². The molecule has 1 unspecified atom stereocenters. The molecule has 1 atom stereocenters. The summed E-state index contributed by atoms with van der Waals surface area (Å²) < 4.78 is 0.849. The van der Waals surface area contributed by atoms with Gasteiger partial charge in [-0.25, -0.2) is 4.98 Å². The van der Waals surface area contributed by atoms with Crippen molar-refractivity contribution in [1.82, 2.24) is 14.9 Å². The fraction of sp³-hybridized carbons (Fsp3) is 0.556. The summed E-state index contributed by atoms with van der Waals surface area (Å²) in [6.45, 7) is 2.15. The van der Waals surface area contributed by atoms with Crippen LogP contribution in [-0.2, 0) is 0 Å². The second-order valence-corrected chi connectivity index (χ2v) is 4.92. The number of hydrogen-bond acceptors (Lipinski definition) is 4. The summed E-state index contributed by atoms with van der Waals surface area (Å²) in [7, 11) is 2.11. The van der Waals surface area contributed by atoms with Crippen LogP contribution < -0.4 is 5.32 Å². The molecule has 0 saturated carbocycles. The van der Waals surface area contributed by atoms with Crippen LogP contribution in [0.4, 0.5) is 5.82 Å². The Morgan fingerprint density at radius 2 is 2.47 bits per heavy atom.